The summed E-state index contributed by atoms with van der Waals surface area (Å²) in [6.07, 6.45) is 1.32. The van der Waals surface area contributed by atoms with Gasteiger partial charge in [0.1, 0.15) is 43.7 Å². The third kappa shape index (κ3) is 17.5. The standard InChI is InChI=1S/C46H50N6O12/c1-3-27-61-44(56)47-26-12-11-17-38(41(53)48-35-20-18-34(19-21-35)31-63-46(58)64-37-24-22-36(23-25-37)52(59)60)49-42(54)39(29-32-13-7-5-8-14-32)50-43(55)40(51-45(57)62-28-4-2)30-33-15-9-6-10-16-33/h3-10,13-16,18-25,38-40H,1-2,11-12,17,26-31H2,(H,47,56)(H,48,53)(H,49,54)(H,50,55)(H,51,57). The monoisotopic (exact) mass is 878 g/mol. The Hall–Kier alpha value is -8.02. The van der Waals surface area contributed by atoms with Crippen LogP contribution in [0.4, 0.5) is 25.8 Å². The molecule has 0 aromatic heterocycles. The van der Waals surface area contributed by atoms with Crippen molar-refractivity contribution in [3.8, 4) is 5.75 Å². The summed E-state index contributed by atoms with van der Waals surface area (Å²) in [6, 6.07) is 25.6. The summed E-state index contributed by atoms with van der Waals surface area (Å²) >= 11 is 0. The normalized spacial score (nSPS) is 11.8. The van der Waals surface area contributed by atoms with Gasteiger partial charge < -0.3 is 45.5 Å². The van der Waals surface area contributed by atoms with Crippen molar-refractivity contribution in [2.24, 2.45) is 0 Å². The number of non-ortho nitro benzene ring substituents is 1. The number of nitrogens with zero attached hydrogens (tertiary/aromatic N) is 1. The number of nitro benzene ring substituents is 1. The molecule has 4 aromatic carbocycles. The summed E-state index contributed by atoms with van der Waals surface area (Å²) in [5.41, 5.74) is 2.16. The number of rotatable bonds is 24. The van der Waals surface area contributed by atoms with Crippen LogP contribution in [0.2, 0.25) is 0 Å². The minimum atomic E-state index is -1.21. The summed E-state index contributed by atoms with van der Waals surface area (Å²) in [6.45, 7) is 7.01. The van der Waals surface area contributed by atoms with E-state index in [2.05, 4.69) is 39.7 Å². The van der Waals surface area contributed by atoms with Crippen LogP contribution in [0.25, 0.3) is 0 Å². The highest BCUT2D eigenvalue weighted by Gasteiger charge is 2.30. The lowest BCUT2D eigenvalue weighted by Gasteiger charge is -2.25. The van der Waals surface area contributed by atoms with Crippen LogP contribution in [-0.4, -0.2) is 78.9 Å². The highest BCUT2D eigenvalue weighted by molar-refractivity contribution is 5.99. The third-order valence-electron chi connectivity index (χ3n) is 9.12. The van der Waals surface area contributed by atoms with Gasteiger partial charge in [-0.15, -0.1) is 0 Å². The quantitative estimate of drug-likeness (QED) is 0.0103. The van der Waals surface area contributed by atoms with Gasteiger partial charge >= 0.3 is 18.3 Å². The molecule has 3 unspecified atom stereocenters. The van der Waals surface area contributed by atoms with E-state index in [9.17, 15) is 38.9 Å². The Kier molecular flexibility index (Phi) is 20.0. The molecular formula is C46H50N6O12. The van der Waals surface area contributed by atoms with Crippen molar-refractivity contribution < 1.29 is 52.6 Å². The summed E-state index contributed by atoms with van der Waals surface area (Å²) < 4.78 is 20.2. The Labute approximate surface area is 369 Å². The zero-order valence-corrected chi connectivity index (χ0v) is 34.9. The Bertz CT molecular complexity index is 2190. The van der Waals surface area contributed by atoms with Gasteiger partial charge in [-0.25, -0.2) is 14.4 Å². The molecule has 0 saturated carbocycles. The van der Waals surface area contributed by atoms with Crippen molar-refractivity contribution in [1.29, 1.82) is 0 Å². The predicted molar refractivity (Wildman–Crippen MR) is 235 cm³/mol. The topological polar surface area (TPSA) is 243 Å². The first kappa shape index (κ1) is 48.6. The Morgan fingerprint density at radius 3 is 1.72 bits per heavy atom. The van der Waals surface area contributed by atoms with E-state index in [0.717, 1.165) is 5.56 Å². The lowest BCUT2D eigenvalue weighted by atomic mass is 10.0. The van der Waals surface area contributed by atoms with Crippen LogP contribution in [0.3, 0.4) is 0 Å². The van der Waals surface area contributed by atoms with E-state index in [1.165, 1.54) is 36.4 Å². The van der Waals surface area contributed by atoms with Gasteiger partial charge in [0, 0.05) is 37.2 Å². The van der Waals surface area contributed by atoms with Gasteiger partial charge in [0.05, 0.1) is 4.92 Å². The summed E-state index contributed by atoms with van der Waals surface area (Å²) in [7, 11) is 0. The van der Waals surface area contributed by atoms with Crippen molar-refractivity contribution in [2.75, 3.05) is 25.1 Å². The summed E-state index contributed by atoms with van der Waals surface area (Å²) in [5, 5.41) is 24.4. The van der Waals surface area contributed by atoms with E-state index < -0.39 is 59.1 Å². The van der Waals surface area contributed by atoms with E-state index in [1.807, 2.05) is 6.07 Å². The van der Waals surface area contributed by atoms with E-state index >= 15 is 0 Å². The molecule has 4 rings (SSSR count). The molecule has 4 aromatic rings. The molecule has 5 N–H and O–H groups in total. The molecule has 0 aliphatic heterocycles. The lowest BCUT2D eigenvalue weighted by molar-refractivity contribution is -0.384. The number of benzene rings is 4. The van der Waals surface area contributed by atoms with Crippen LogP contribution in [0.5, 0.6) is 5.75 Å². The lowest BCUT2D eigenvalue weighted by Crippen LogP contribution is -2.57. The van der Waals surface area contributed by atoms with Crippen LogP contribution < -0.4 is 31.3 Å². The molecule has 3 atom stereocenters. The van der Waals surface area contributed by atoms with Gasteiger partial charge in [0.2, 0.25) is 17.7 Å². The van der Waals surface area contributed by atoms with Gasteiger partial charge in [-0.3, -0.25) is 24.5 Å². The fraction of sp³-hybridized carbons (Fsp3) is 0.261. The smallest absolute Gasteiger partial charge is 0.445 e. The number of ether oxygens (including phenoxy) is 4. The predicted octanol–water partition coefficient (Wildman–Crippen LogP) is 6.07. The van der Waals surface area contributed by atoms with Crippen molar-refractivity contribution >= 4 is 47.4 Å². The number of amides is 5. The van der Waals surface area contributed by atoms with Crippen LogP contribution in [0.1, 0.15) is 36.0 Å². The number of alkyl carbamates (subject to hydrolysis) is 2. The number of hydrogen-bond acceptors (Lipinski definition) is 12. The second-order valence-electron chi connectivity index (χ2n) is 14.0. The average molecular weight is 879 g/mol. The van der Waals surface area contributed by atoms with Crippen molar-refractivity contribution in [3.63, 3.8) is 0 Å². The van der Waals surface area contributed by atoms with Crippen LogP contribution >= 0.6 is 0 Å². The van der Waals surface area contributed by atoms with Gasteiger partial charge in [0.15, 0.2) is 0 Å². The fourth-order valence-corrected chi connectivity index (χ4v) is 5.92. The Morgan fingerprint density at radius 2 is 1.16 bits per heavy atom. The molecule has 18 nitrogen and oxygen atoms in total. The molecule has 5 amide bonds. The van der Waals surface area contributed by atoms with Gasteiger partial charge in [-0.2, -0.15) is 0 Å². The van der Waals surface area contributed by atoms with Crippen molar-refractivity contribution in [3.05, 3.63) is 161 Å². The highest BCUT2D eigenvalue weighted by Crippen LogP contribution is 2.19. The molecule has 0 fully saturated rings. The summed E-state index contributed by atoms with van der Waals surface area (Å²) in [5.74, 6) is -1.88. The van der Waals surface area contributed by atoms with Crippen LogP contribution in [0.15, 0.2) is 135 Å². The molecule has 0 aliphatic carbocycles. The number of nitro groups is 1. The van der Waals surface area contributed by atoms with Gasteiger partial charge in [-0.1, -0.05) is 98.1 Å². The first-order valence-corrected chi connectivity index (χ1v) is 20.2. The average Bonchev–Trinajstić information content (AvgIpc) is 3.29. The van der Waals surface area contributed by atoms with E-state index in [1.54, 1.807) is 78.9 Å². The molecule has 0 saturated heterocycles. The highest BCUT2D eigenvalue weighted by atomic mass is 16.7. The number of nitrogens with one attached hydrogen (secondary N) is 5. The van der Waals surface area contributed by atoms with E-state index in [-0.39, 0.29) is 57.1 Å². The first-order chi connectivity index (χ1) is 30.9. The molecule has 0 heterocycles. The van der Waals surface area contributed by atoms with E-state index in [0.29, 0.717) is 29.7 Å². The molecule has 0 spiro atoms. The maximum atomic E-state index is 14.2. The number of hydrogen-bond donors (Lipinski definition) is 5. The minimum absolute atomic E-state index is 0.0351. The second kappa shape index (κ2) is 26.3. The van der Waals surface area contributed by atoms with Crippen molar-refractivity contribution in [2.45, 2.75) is 56.8 Å². The molecule has 0 radical (unpaired) electrons. The SMILES string of the molecule is C=CCOC(=O)NCCCCC(NC(=O)C(Cc1ccccc1)NC(=O)C(Cc1ccccc1)NC(=O)OCC=C)C(=O)Nc1ccc(COC(=O)Oc2ccc([N+](=O)[O-])cc2)cc1. The number of carbonyl (C=O) groups excluding carboxylic acids is 6. The van der Waals surface area contributed by atoms with Crippen LogP contribution in [-0.2, 0) is 48.0 Å². The largest absolute Gasteiger partial charge is 0.514 e. The second-order valence-corrected chi connectivity index (χ2v) is 14.0. The number of unbranched alkanes of at least 4 members (excludes halogenated alkanes) is 1. The molecular weight excluding hydrogens is 829 g/mol. The van der Waals surface area contributed by atoms with Gasteiger partial charge in [0.25, 0.3) is 5.69 Å². The zero-order chi connectivity index (χ0) is 46.1. The Morgan fingerprint density at radius 1 is 0.609 bits per heavy atom. The first-order valence-electron chi connectivity index (χ1n) is 20.2. The molecule has 0 bridgehead atoms. The summed E-state index contributed by atoms with van der Waals surface area (Å²) in [4.78, 5) is 89.1. The third-order valence-corrected chi connectivity index (χ3v) is 9.12. The maximum absolute atomic E-state index is 14.2. The number of anilines is 1. The molecule has 64 heavy (non-hydrogen) atoms. The van der Waals surface area contributed by atoms with Gasteiger partial charge in [-0.05, 0) is 60.2 Å². The van der Waals surface area contributed by atoms with Crippen molar-refractivity contribution in [1.82, 2.24) is 21.3 Å². The zero-order valence-electron chi connectivity index (χ0n) is 34.9. The maximum Gasteiger partial charge on any atom is 0.514 e. The number of carbonyl (C=O) groups is 6. The molecule has 18 heteroatoms. The fourth-order valence-electron chi connectivity index (χ4n) is 5.92. The Balaban J connectivity index is 1.47. The molecule has 0 aliphatic rings. The molecule has 336 valence electrons. The van der Waals surface area contributed by atoms with Crippen LogP contribution in [0, 0.1) is 10.1 Å². The minimum Gasteiger partial charge on any atom is -0.445 e. The van der Waals surface area contributed by atoms with E-state index in [4.69, 9.17) is 18.9 Å².